The minimum Gasteiger partial charge on any atom is -0.380 e. The summed E-state index contributed by atoms with van der Waals surface area (Å²) < 4.78 is 37.8. The van der Waals surface area contributed by atoms with E-state index in [4.69, 9.17) is 0 Å². The molecule has 0 amide bonds. The third-order valence-corrected chi connectivity index (χ3v) is 3.36. The van der Waals surface area contributed by atoms with Crippen molar-refractivity contribution in [2.45, 2.75) is 12.7 Å². The monoisotopic (exact) mass is 318 g/mol. The van der Waals surface area contributed by atoms with Crippen LogP contribution in [0, 0.1) is 0 Å². The van der Waals surface area contributed by atoms with E-state index in [1.54, 1.807) is 18.6 Å². The lowest BCUT2D eigenvalue weighted by atomic mass is 10.1. The fourth-order valence-corrected chi connectivity index (χ4v) is 2.19. The minimum absolute atomic E-state index is 0.485. The molecule has 3 rings (SSSR count). The van der Waals surface area contributed by atoms with Gasteiger partial charge < -0.3 is 5.32 Å². The van der Waals surface area contributed by atoms with E-state index in [2.05, 4.69) is 20.5 Å². The number of nitrogens with one attached hydrogen (secondary N) is 2. The maximum Gasteiger partial charge on any atom is 0.416 e. The summed E-state index contributed by atoms with van der Waals surface area (Å²) in [5, 5.41) is 10.00. The topological polar surface area (TPSA) is 53.6 Å². The van der Waals surface area contributed by atoms with E-state index in [0.29, 0.717) is 17.8 Å². The summed E-state index contributed by atoms with van der Waals surface area (Å²) in [6, 6.07) is 8.69. The zero-order chi connectivity index (χ0) is 16.3. The lowest BCUT2D eigenvalue weighted by Gasteiger charge is -2.09. The number of anilines is 1. The Morgan fingerprint density at radius 1 is 1.04 bits per heavy atom. The van der Waals surface area contributed by atoms with Gasteiger partial charge in [-0.15, -0.1) is 0 Å². The molecule has 0 radical (unpaired) electrons. The Balaban J connectivity index is 1.78. The molecule has 0 aliphatic heterocycles. The number of alkyl halides is 3. The van der Waals surface area contributed by atoms with Crippen LogP contribution in [0.5, 0.6) is 0 Å². The molecule has 3 aromatic rings. The lowest BCUT2D eigenvalue weighted by Crippen LogP contribution is -2.04. The highest BCUT2D eigenvalue weighted by Crippen LogP contribution is 2.31. The largest absolute Gasteiger partial charge is 0.416 e. The van der Waals surface area contributed by atoms with E-state index in [9.17, 15) is 13.2 Å². The number of hydrogen-bond donors (Lipinski definition) is 2. The van der Waals surface area contributed by atoms with Gasteiger partial charge >= 0.3 is 6.18 Å². The van der Waals surface area contributed by atoms with Gasteiger partial charge in [-0.1, -0.05) is 12.1 Å². The first-order chi connectivity index (χ1) is 11.0. The molecule has 0 saturated carbocycles. The predicted octanol–water partition coefficient (Wildman–Crippen LogP) is 4.10. The Kier molecular flexibility index (Phi) is 4.01. The molecule has 0 saturated heterocycles. The van der Waals surface area contributed by atoms with Crippen molar-refractivity contribution in [2.24, 2.45) is 0 Å². The van der Waals surface area contributed by atoms with Crippen molar-refractivity contribution in [2.75, 3.05) is 5.32 Å². The molecule has 0 bridgehead atoms. The summed E-state index contributed by atoms with van der Waals surface area (Å²) in [5.41, 5.74) is 2.38. The fraction of sp³-hybridized carbons (Fsp3) is 0.125. The summed E-state index contributed by atoms with van der Waals surface area (Å²) in [6.07, 6.45) is 0.683. The Bertz CT molecular complexity index is 764. The van der Waals surface area contributed by atoms with Crippen molar-refractivity contribution >= 4 is 5.69 Å². The minimum atomic E-state index is -4.34. The molecular weight excluding hydrogens is 305 g/mol. The number of H-pyrrole nitrogens is 1. The molecule has 1 aromatic carbocycles. The van der Waals surface area contributed by atoms with Crippen molar-refractivity contribution < 1.29 is 13.2 Å². The van der Waals surface area contributed by atoms with Gasteiger partial charge in [0.1, 0.15) is 0 Å². The van der Waals surface area contributed by atoms with Crippen LogP contribution in [0.3, 0.4) is 0 Å². The van der Waals surface area contributed by atoms with Crippen molar-refractivity contribution in [3.8, 4) is 11.3 Å². The Labute approximate surface area is 130 Å². The van der Waals surface area contributed by atoms with E-state index in [1.165, 1.54) is 12.1 Å². The standard InChI is InChI=1S/C16H13F3N4/c17-16(18,19)13-5-3-11(4-6-13)15-12(9-22-23-15)8-21-14-2-1-7-20-10-14/h1-7,9-10,21H,8H2,(H,22,23). The van der Waals surface area contributed by atoms with Gasteiger partial charge in [-0.25, -0.2) is 0 Å². The molecule has 0 aliphatic rings. The average molecular weight is 318 g/mol. The van der Waals surface area contributed by atoms with E-state index in [-0.39, 0.29) is 0 Å². The summed E-state index contributed by atoms with van der Waals surface area (Å²) in [6.45, 7) is 0.485. The van der Waals surface area contributed by atoms with Crippen molar-refractivity contribution in [1.82, 2.24) is 15.2 Å². The Morgan fingerprint density at radius 2 is 1.83 bits per heavy atom. The highest BCUT2D eigenvalue weighted by atomic mass is 19.4. The number of aromatic amines is 1. The second-order valence-electron chi connectivity index (χ2n) is 4.94. The van der Waals surface area contributed by atoms with Crippen LogP contribution in [-0.2, 0) is 12.7 Å². The van der Waals surface area contributed by atoms with Gasteiger partial charge in [0.15, 0.2) is 0 Å². The number of halogens is 3. The predicted molar refractivity (Wildman–Crippen MR) is 80.6 cm³/mol. The molecule has 0 unspecified atom stereocenters. The average Bonchev–Trinajstić information content (AvgIpc) is 3.02. The SMILES string of the molecule is FC(F)(F)c1ccc(-c2[nH]ncc2CNc2cccnc2)cc1. The first-order valence-corrected chi connectivity index (χ1v) is 6.88. The molecule has 2 heterocycles. The van der Waals surface area contributed by atoms with Gasteiger partial charge in [0.2, 0.25) is 0 Å². The van der Waals surface area contributed by atoms with Crippen molar-refractivity contribution in [1.29, 1.82) is 0 Å². The molecule has 0 aliphatic carbocycles. The van der Waals surface area contributed by atoms with E-state index in [0.717, 1.165) is 23.4 Å². The van der Waals surface area contributed by atoms with Crippen LogP contribution in [0.15, 0.2) is 55.0 Å². The third kappa shape index (κ3) is 3.50. The van der Waals surface area contributed by atoms with E-state index in [1.807, 2.05) is 12.1 Å². The summed E-state index contributed by atoms with van der Waals surface area (Å²) in [7, 11) is 0. The second kappa shape index (κ2) is 6.12. The van der Waals surface area contributed by atoms with Crippen LogP contribution in [-0.4, -0.2) is 15.2 Å². The molecule has 118 valence electrons. The van der Waals surface area contributed by atoms with Gasteiger partial charge in [0.05, 0.1) is 23.1 Å². The molecule has 2 N–H and O–H groups in total. The summed E-state index contributed by atoms with van der Waals surface area (Å²) in [5.74, 6) is 0. The highest BCUT2D eigenvalue weighted by Gasteiger charge is 2.30. The van der Waals surface area contributed by atoms with Gasteiger partial charge in [-0.3, -0.25) is 10.1 Å². The number of aromatic nitrogens is 3. The quantitative estimate of drug-likeness (QED) is 0.761. The maximum atomic E-state index is 12.6. The number of rotatable bonds is 4. The lowest BCUT2D eigenvalue weighted by molar-refractivity contribution is -0.137. The first-order valence-electron chi connectivity index (χ1n) is 6.88. The molecule has 0 fully saturated rings. The normalized spacial score (nSPS) is 11.4. The highest BCUT2D eigenvalue weighted by molar-refractivity contribution is 5.63. The molecular formula is C16H13F3N4. The number of nitrogens with zero attached hydrogens (tertiary/aromatic N) is 2. The number of benzene rings is 1. The van der Waals surface area contributed by atoms with Gasteiger partial charge in [-0.05, 0) is 29.8 Å². The Hall–Kier alpha value is -2.83. The van der Waals surface area contributed by atoms with E-state index >= 15 is 0 Å². The van der Waals surface area contributed by atoms with Crippen LogP contribution in [0.1, 0.15) is 11.1 Å². The smallest absolute Gasteiger partial charge is 0.380 e. The van der Waals surface area contributed by atoms with Crippen LogP contribution in [0.2, 0.25) is 0 Å². The van der Waals surface area contributed by atoms with E-state index < -0.39 is 11.7 Å². The van der Waals surface area contributed by atoms with Gasteiger partial charge in [0.25, 0.3) is 0 Å². The number of pyridine rings is 1. The summed E-state index contributed by atoms with van der Waals surface area (Å²) in [4.78, 5) is 4.01. The van der Waals surface area contributed by atoms with Crippen LogP contribution >= 0.6 is 0 Å². The third-order valence-electron chi connectivity index (χ3n) is 3.36. The van der Waals surface area contributed by atoms with Crippen molar-refractivity contribution in [3.05, 3.63) is 66.1 Å². The molecule has 2 aromatic heterocycles. The van der Waals surface area contributed by atoms with Gasteiger partial charge in [0, 0.05) is 24.5 Å². The van der Waals surface area contributed by atoms with Crippen LogP contribution in [0.25, 0.3) is 11.3 Å². The zero-order valence-electron chi connectivity index (χ0n) is 11.9. The van der Waals surface area contributed by atoms with Gasteiger partial charge in [-0.2, -0.15) is 18.3 Å². The fourth-order valence-electron chi connectivity index (χ4n) is 2.19. The van der Waals surface area contributed by atoms with Crippen molar-refractivity contribution in [3.63, 3.8) is 0 Å². The van der Waals surface area contributed by atoms with Crippen LogP contribution < -0.4 is 5.32 Å². The molecule has 0 atom stereocenters. The zero-order valence-corrected chi connectivity index (χ0v) is 11.9. The maximum absolute atomic E-state index is 12.6. The summed E-state index contributed by atoms with van der Waals surface area (Å²) >= 11 is 0. The first kappa shape index (κ1) is 15.1. The second-order valence-corrected chi connectivity index (χ2v) is 4.94. The molecule has 7 heteroatoms. The number of hydrogen-bond acceptors (Lipinski definition) is 3. The molecule has 0 spiro atoms. The molecule has 4 nitrogen and oxygen atoms in total. The molecule has 23 heavy (non-hydrogen) atoms. The van der Waals surface area contributed by atoms with Crippen LogP contribution in [0.4, 0.5) is 18.9 Å². The Morgan fingerprint density at radius 3 is 2.48 bits per heavy atom.